The van der Waals surface area contributed by atoms with Crippen molar-refractivity contribution in [2.45, 2.75) is 51.4 Å². The average Bonchev–Trinajstić information content (AvgIpc) is 2.67. The lowest BCUT2D eigenvalue weighted by atomic mass is 9.56. The van der Waals surface area contributed by atoms with Crippen LogP contribution >= 0.6 is 0 Å². The van der Waals surface area contributed by atoms with Crippen LogP contribution < -0.4 is 0 Å². The molecule has 0 spiro atoms. The van der Waals surface area contributed by atoms with Crippen LogP contribution in [-0.4, -0.2) is 16.9 Å². The van der Waals surface area contributed by atoms with Gasteiger partial charge in [-0.2, -0.15) is 0 Å². The Morgan fingerprint density at radius 3 is 1.92 bits per heavy atom. The first-order chi connectivity index (χ1) is 12.2. The van der Waals surface area contributed by atoms with E-state index >= 15 is 0 Å². The van der Waals surface area contributed by atoms with Crippen LogP contribution in [0.2, 0.25) is 0 Å². The summed E-state index contributed by atoms with van der Waals surface area (Å²) in [7, 11) is 0. The van der Waals surface area contributed by atoms with Crippen molar-refractivity contribution in [3.63, 3.8) is 0 Å². The summed E-state index contributed by atoms with van der Waals surface area (Å²) in [5.74, 6) is -1.44. The van der Waals surface area contributed by atoms with Gasteiger partial charge in [0.05, 0.1) is 5.92 Å². The number of carbonyl (C=O) groups excluding carboxylic acids is 1. The summed E-state index contributed by atoms with van der Waals surface area (Å²) in [6.45, 7) is 0. The highest BCUT2D eigenvalue weighted by Crippen LogP contribution is 2.53. The van der Waals surface area contributed by atoms with Gasteiger partial charge in [-0.05, 0) is 50.4 Å². The molecule has 4 rings (SSSR count). The van der Waals surface area contributed by atoms with Crippen molar-refractivity contribution in [3.05, 3.63) is 47.0 Å². The zero-order valence-corrected chi connectivity index (χ0v) is 14.6. The number of Topliss-reactive ketones (excluding diaryl/α,β-unsaturated/α-hetero) is 1. The number of allylic oxidation sites excluding steroid dienone is 2. The molecule has 25 heavy (non-hydrogen) atoms. The minimum absolute atomic E-state index is 0.0435. The first-order valence-electron chi connectivity index (χ1n) is 9.72. The lowest BCUT2D eigenvalue weighted by molar-refractivity contribution is -0.146. The van der Waals surface area contributed by atoms with Gasteiger partial charge >= 0.3 is 5.97 Å². The van der Waals surface area contributed by atoms with Gasteiger partial charge in [-0.25, -0.2) is 0 Å². The lowest BCUT2D eigenvalue weighted by Crippen LogP contribution is -2.46. The van der Waals surface area contributed by atoms with Gasteiger partial charge in [0.2, 0.25) is 0 Å². The summed E-state index contributed by atoms with van der Waals surface area (Å²) in [4.78, 5) is 25.6. The first-order valence-corrected chi connectivity index (χ1v) is 9.72. The van der Waals surface area contributed by atoms with Crippen molar-refractivity contribution >= 4 is 11.8 Å². The Hall–Kier alpha value is -1.90. The van der Waals surface area contributed by atoms with Crippen LogP contribution in [0.4, 0.5) is 0 Å². The highest BCUT2D eigenvalue weighted by atomic mass is 16.4. The summed E-state index contributed by atoms with van der Waals surface area (Å²) >= 11 is 0. The monoisotopic (exact) mass is 338 g/mol. The molecule has 0 unspecified atom stereocenters. The number of ketones is 1. The number of carboxylic acid groups (broad SMARTS) is 1. The highest BCUT2D eigenvalue weighted by molar-refractivity contribution is 6.00. The standard InChI is InChI=1S/C22H26O3/c23-21(14-8-2-1-3-9-14)19-17-12-6-4-10-15(17)16-11-5-7-13-18(16)20(19)22(24)25/h1-3,8-9,17-20H,4-7,10-13H2,(H,24,25)/t17-,18+,19-,20+/m0/s1. The van der Waals surface area contributed by atoms with Crippen LogP contribution in [0.5, 0.6) is 0 Å². The van der Waals surface area contributed by atoms with Crippen LogP contribution in [0.15, 0.2) is 41.5 Å². The number of aliphatic carboxylic acids is 1. The van der Waals surface area contributed by atoms with E-state index in [2.05, 4.69) is 0 Å². The molecule has 3 nitrogen and oxygen atoms in total. The Labute approximate surface area is 149 Å². The molecule has 0 bridgehead atoms. The molecule has 0 heterocycles. The normalized spacial score (nSPS) is 31.8. The Morgan fingerprint density at radius 1 is 0.800 bits per heavy atom. The quantitative estimate of drug-likeness (QED) is 0.631. The topological polar surface area (TPSA) is 54.4 Å². The molecule has 0 amide bonds. The number of carboxylic acids is 1. The van der Waals surface area contributed by atoms with Crippen LogP contribution in [-0.2, 0) is 4.79 Å². The highest BCUT2D eigenvalue weighted by Gasteiger charge is 2.51. The Bertz CT molecular complexity index is 703. The molecule has 2 fully saturated rings. The predicted octanol–water partition coefficient (Wildman–Crippen LogP) is 4.88. The summed E-state index contributed by atoms with van der Waals surface area (Å²) in [6.07, 6.45) is 8.57. The van der Waals surface area contributed by atoms with E-state index in [4.69, 9.17) is 0 Å². The Balaban J connectivity index is 1.81. The van der Waals surface area contributed by atoms with Gasteiger partial charge in [-0.3, -0.25) is 9.59 Å². The second-order valence-electron chi connectivity index (χ2n) is 7.88. The third kappa shape index (κ3) is 2.84. The number of carbonyl (C=O) groups is 2. The molecule has 4 atom stereocenters. The van der Waals surface area contributed by atoms with Crippen LogP contribution in [0.1, 0.15) is 61.7 Å². The van der Waals surface area contributed by atoms with Gasteiger partial charge in [0.25, 0.3) is 0 Å². The third-order valence-corrected chi connectivity index (χ3v) is 6.63. The van der Waals surface area contributed by atoms with Gasteiger partial charge in [0.1, 0.15) is 0 Å². The first kappa shape index (κ1) is 16.6. The molecular weight excluding hydrogens is 312 g/mol. The molecular formula is C22H26O3. The van der Waals surface area contributed by atoms with Crippen LogP contribution in [0.3, 0.4) is 0 Å². The minimum Gasteiger partial charge on any atom is -0.481 e. The fraction of sp³-hybridized carbons (Fsp3) is 0.545. The largest absolute Gasteiger partial charge is 0.481 e. The Kier molecular flexibility index (Phi) is 4.49. The third-order valence-electron chi connectivity index (χ3n) is 6.63. The lowest BCUT2D eigenvalue weighted by Gasteiger charge is -2.47. The van der Waals surface area contributed by atoms with Gasteiger partial charge in [0.15, 0.2) is 5.78 Å². The van der Waals surface area contributed by atoms with E-state index in [0.29, 0.717) is 5.56 Å². The molecule has 0 saturated heterocycles. The van der Waals surface area contributed by atoms with Crippen molar-refractivity contribution in [2.24, 2.45) is 23.7 Å². The molecule has 3 heteroatoms. The molecule has 0 aromatic heterocycles. The molecule has 0 radical (unpaired) electrons. The number of hydrogen-bond donors (Lipinski definition) is 1. The van der Waals surface area contributed by atoms with Crippen molar-refractivity contribution in [3.8, 4) is 0 Å². The zero-order chi connectivity index (χ0) is 17.4. The van der Waals surface area contributed by atoms with E-state index in [1.165, 1.54) is 24.0 Å². The zero-order valence-electron chi connectivity index (χ0n) is 14.6. The summed E-state index contributed by atoms with van der Waals surface area (Å²) in [5, 5.41) is 10.1. The number of fused-ring (bicyclic) bond motifs is 2. The maximum absolute atomic E-state index is 13.4. The van der Waals surface area contributed by atoms with Crippen molar-refractivity contribution in [1.29, 1.82) is 0 Å². The molecule has 2 saturated carbocycles. The molecule has 1 aromatic carbocycles. The minimum atomic E-state index is -0.775. The van der Waals surface area contributed by atoms with E-state index in [0.717, 1.165) is 38.5 Å². The number of rotatable bonds is 3. The van der Waals surface area contributed by atoms with E-state index in [9.17, 15) is 14.7 Å². The summed E-state index contributed by atoms with van der Waals surface area (Å²) in [6, 6.07) is 9.32. The molecule has 132 valence electrons. The molecule has 1 N–H and O–H groups in total. The van der Waals surface area contributed by atoms with Crippen molar-refractivity contribution in [2.75, 3.05) is 0 Å². The number of benzene rings is 1. The maximum Gasteiger partial charge on any atom is 0.307 e. The summed E-state index contributed by atoms with van der Waals surface area (Å²) < 4.78 is 0. The molecule has 3 aliphatic carbocycles. The predicted molar refractivity (Wildman–Crippen MR) is 96.3 cm³/mol. The van der Waals surface area contributed by atoms with Crippen molar-refractivity contribution < 1.29 is 14.7 Å². The van der Waals surface area contributed by atoms with Gasteiger partial charge < -0.3 is 5.11 Å². The maximum atomic E-state index is 13.4. The van der Waals surface area contributed by atoms with E-state index in [1.54, 1.807) is 0 Å². The van der Waals surface area contributed by atoms with Crippen LogP contribution in [0, 0.1) is 23.7 Å². The van der Waals surface area contributed by atoms with Crippen LogP contribution in [0.25, 0.3) is 0 Å². The number of hydrogen-bond acceptors (Lipinski definition) is 2. The van der Waals surface area contributed by atoms with Gasteiger partial charge in [0, 0.05) is 11.5 Å². The second-order valence-corrected chi connectivity index (χ2v) is 7.88. The van der Waals surface area contributed by atoms with E-state index in [1.807, 2.05) is 30.3 Å². The van der Waals surface area contributed by atoms with E-state index in [-0.39, 0.29) is 23.5 Å². The molecule has 1 aromatic rings. The van der Waals surface area contributed by atoms with Gasteiger partial charge in [-0.15, -0.1) is 0 Å². The fourth-order valence-electron chi connectivity index (χ4n) is 5.64. The summed E-state index contributed by atoms with van der Waals surface area (Å²) in [5.41, 5.74) is 3.55. The SMILES string of the molecule is O=C(c1ccccc1)[C@@H]1[C@H](C(=O)O)[C@@H]2CCCCC2=C2CCCC[C@@H]21. The Morgan fingerprint density at radius 2 is 1.36 bits per heavy atom. The molecule has 3 aliphatic rings. The van der Waals surface area contributed by atoms with E-state index < -0.39 is 11.9 Å². The average molecular weight is 338 g/mol. The molecule has 0 aliphatic heterocycles. The smallest absolute Gasteiger partial charge is 0.307 e. The van der Waals surface area contributed by atoms with Crippen molar-refractivity contribution in [1.82, 2.24) is 0 Å². The van der Waals surface area contributed by atoms with Gasteiger partial charge in [-0.1, -0.05) is 54.3 Å². The second kappa shape index (κ2) is 6.78. The fourth-order valence-corrected chi connectivity index (χ4v) is 5.64.